The Hall–Kier alpha value is -0.740. The van der Waals surface area contributed by atoms with Gasteiger partial charge in [-0.1, -0.05) is 0 Å². The van der Waals surface area contributed by atoms with Crippen molar-refractivity contribution < 1.29 is 9.44 Å². The summed E-state index contributed by atoms with van der Waals surface area (Å²) in [5.41, 5.74) is 0. The van der Waals surface area contributed by atoms with Crippen LogP contribution in [0.5, 0.6) is 0 Å². The summed E-state index contributed by atoms with van der Waals surface area (Å²) in [6.45, 7) is 0.742. The number of hydrogen-bond donors (Lipinski definition) is 0. The third-order valence-corrected chi connectivity index (χ3v) is 1.03. The molecule has 1 aliphatic heterocycles. The maximum atomic E-state index is 10.7. The van der Waals surface area contributed by atoms with Gasteiger partial charge in [-0.25, -0.2) is 9.79 Å². The van der Waals surface area contributed by atoms with Crippen LogP contribution < -0.4 is 0 Å². The van der Waals surface area contributed by atoms with E-state index in [4.69, 9.17) is 0 Å². The molecule has 0 saturated carbocycles. The topological polar surface area (TPSA) is 52.5 Å². The quantitative estimate of drug-likeness (QED) is 0.262. The van der Waals surface area contributed by atoms with Crippen LogP contribution in [0.1, 0.15) is 0 Å². The number of carbonyl (C=O) groups excluding carboxylic acids is 1. The lowest BCUT2D eigenvalue weighted by molar-refractivity contribution is -0.682. The number of quaternary nitrogens is 1. The Morgan fingerprint density at radius 2 is 2.62 bits per heavy atom. The van der Waals surface area contributed by atoms with Gasteiger partial charge in [0.15, 0.2) is 6.34 Å². The Morgan fingerprint density at radius 1 is 1.88 bits per heavy atom. The van der Waals surface area contributed by atoms with E-state index in [1.165, 1.54) is 0 Å². The molecule has 1 atom stereocenters. The molecule has 0 aromatic rings. The SMILES string of the molecule is O=C[N+]1([O-])C=NCC1. The Labute approximate surface area is 46.6 Å². The minimum Gasteiger partial charge on any atom is -0.619 e. The summed E-state index contributed by atoms with van der Waals surface area (Å²) in [6.07, 6.45) is 1.46. The molecule has 4 nitrogen and oxygen atoms in total. The summed E-state index contributed by atoms with van der Waals surface area (Å²) >= 11 is 0. The van der Waals surface area contributed by atoms with Crippen LogP contribution in [0.25, 0.3) is 0 Å². The molecule has 0 aliphatic carbocycles. The first-order valence-corrected chi connectivity index (χ1v) is 2.33. The minimum atomic E-state index is -0.903. The summed E-state index contributed by atoms with van der Waals surface area (Å²) in [5.74, 6) is 0. The first-order valence-electron chi connectivity index (χ1n) is 2.33. The molecular weight excluding hydrogens is 108 g/mol. The average Bonchev–Trinajstić information content (AvgIpc) is 2.17. The van der Waals surface area contributed by atoms with E-state index in [1.807, 2.05) is 0 Å². The highest BCUT2D eigenvalue weighted by Crippen LogP contribution is 2.00. The third-order valence-electron chi connectivity index (χ3n) is 1.03. The first kappa shape index (κ1) is 5.40. The van der Waals surface area contributed by atoms with E-state index in [0.717, 1.165) is 6.34 Å². The fourth-order valence-electron chi connectivity index (χ4n) is 0.548. The van der Waals surface area contributed by atoms with Gasteiger partial charge >= 0.3 is 6.41 Å². The molecule has 0 bridgehead atoms. The first-order chi connectivity index (χ1) is 3.77. The fourth-order valence-corrected chi connectivity index (χ4v) is 0.548. The van der Waals surface area contributed by atoms with Crippen LogP contribution in [0, 0.1) is 5.21 Å². The van der Waals surface area contributed by atoms with Crippen LogP contribution in [0.15, 0.2) is 4.99 Å². The molecule has 0 saturated heterocycles. The number of carbonyl (C=O) groups is 1. The van der Waals surface area contributed by atoms with Crippen molar-refractivity contribution in [3.05, 3.63) is 5.21 Å². The molecule has 0 aromatic carbocycles. The normalized spacial score (nSPS) is 35.6. The molecule has 1 amide bonds. The molecule has 1 unspecified atom stereocenters. The molecule has 0 N–H and O–H groups in total. The highest BCUT2D eigenvalue weighted by molar-refractivity contribution is 5.61. The van der Waals surface area contributed by atoms with E-state index in [-0.39, 0.29) is 6.54 Å². The number of rotatable bonds is 1. The maximum Gasteiger partial charge on any atom is 0.307 e. The molecule has 1 aliphatic rings. The van der Waals surface area contributed by atoms with Crippen molar-refractivity contribution in [2.24, 2.45) is 4.99 Å². The van der Waals surface area contributed by atoms with Gasteiger partial charge in [-0.2, -0.15) is 0 Å². The van der Waals surface area contributed by atoms with E-state index in [2.05, 4.69) is 4.99 Å². The highest BCUT2D eigenvalue weighted by atomic mass is 16.6. The molecule has 0 spiro atoms. The van der Waals surface area contributed by atoms with Gasteiger partial charge in [-0.15, -0.1) is 0 Å². The predicted molar refractivity (Wildman–Crippen MR) is 27.9 cm³/mol. The molecule has 0 radical (unpaired) electrons. The van der Waals surface area contributed by atoms with Crippen molar-refractivity contribution in [3.63, 3.8) is 0 Å². The van der Waals surface area contributed by atoms with Crippen molar-refractivity contribution in [1.29, 1.82) is 0 Å². The van der Waals surface area contributed by atoms with E-state index in [9.17, 15) is 10.0 Å². The monoisotopic (exact) mass is 114 g/mol. The third kappa shape index (κ3) is 0.753. The Kier molecular flexibility index (Phi) is 1.11. The second-order valence-corrected chi connectivity index (χ2v) is 1.70. The molecule has 0 fully saturated rings. The second-order valence-electron chi connectivity index (χ2n) is 1.70. The van der Waals surface area contributed by atoms with Crippen molar-refractivity contribution in [2.75, 3.05) is 13.1 Å². The number of nitrogens with zero attached hydrogens (tertiary/aromatic N) is 2. The van der Waals surface area contributed by atoms with Gasteiger partial charge in [0, 0.05) is 0 Å². The lowest BCUT2D eigenvalue weighted by Crippen LogP contribution is -2.36. The van der Waals surface area contributed by atoms with Gasteiger partial charge in [0.1, 0.15) is 6.54 Å². The van der Waals surface area contributed by atoms with Crippen molar-refractivity contribution in [2.45, 2.75) is 0 Å². The van der Waals surface area contributed by atoms with Crippen LogP contribution >= 0.6 is 0 Å². The maximum absolute atomic E-state index is 10.7. The number of hydrogen-bond acceptors (Lipinski definition) is 3. The van der Waals surface area contributed by atoms with Crippen LogP contribution in [-0.2, 0) is 4.79 Å². The lowest BCUT2D eigenvalue weighted by Gasteiger charge is -2.24. The second kappa shape index (κ2) is 1.65. The molecule has 1 heterocycles. The summed E-state index contributed by atoms with van der Waals surface area (Å²) in [6, 6.07) is 0. The molecule has 1 rings (SSSR count). The predicted octanol–water partition coefficient (Wildman–Crippen LogP) is -0.501. The Balaban J connectivity index is 2.67. The zero-order valence-corrected chi connectivity index (χ0v) is 4.28. The van der Waals surface area contributed by atoms with E-state index < -0.39 is 4.65 Å². The van der Waals surface area contributed by atoms with Crippen molar-refractivity contribution in [3.8, 4) is 0 Å². The van der Waals surface area contributed by atoms with E-state index >= 15 is 0 Å². The van der Waals surface area contributed by atoms with Crippen molar-refractivity contribution in [1.82, 2.24) is 0 Å². The van der Waals surface area contributed by atoms with Crippen LogP contribution in [-0.4, -0.2) is 30.5 Å². The summed E-state index contributed by atoms with van der Waals surface area (Å²) in [4.78, 5) is 13.5. The summed E-state index contributed by atoms with van der Waals surface area (Å²) in [7, 11) is 0. The van der Waals surface area contributed by atoms with Crippen molar-refractivity contribution >= 4 is 12.7 Å². The van der Waals surface area contributed by atoms with Crippen LogP contribution in [0.4, 0.5) is 0 Å². The lowest BCUT2D eigenvalue weighted by atomic mass is 10.6. The Morgan fingerprint density at radius 3 is 2.88 bits per heavy atom. The van der Waals surface area contributed by atoms with Crippen LogP contribution in [0.2, 0.25) is 0 Å². The average molecular weight is 114 g/mol. The van der Waals surface area contributed by atoms with Gasteiger partial charge in [0.05, 0.1) is 6.54 Å². The highest BCUT2D eigenvalue weighted by Gasteiger charge is 2.16. The van der Waals surface area contributed by atoms with E-state index in [1.54, 1.807) is 0 Å². The van der Waals surface area contributed by atoms with Gasteiger partial charge < -0.3 is 5.21 Å². The molecule has 0 aromatic heterocycles. The minimum absolute atomic E-state index is 0.267. The van der Waals surface area contributed by atoms with Gasteiger partial charge in [-0.3, -0.25) is 4.65 Å². The zero-order valence-electron chi connectivity index (χ0n) is 4.28. The van der Waals surface area contributed by atoms with E-state index in [0.29, 0.717) is 13.0 Å². The zero-order chi connectivity index (χ0) is 6.04. The van der Waals surface area contributed by atoms with Gasteiger partial charge in [0.2, 0.25) is 0 Å². The van der Waals surface area contributed by atoms with Gasteiger partial charge in [0.25, 0.3) is 0 Å². The van der Waals surface area contributed by atoms with Crippen LogP contribution in [0.3, 0.4) is 0 Å². The molecule has 4 heteroatoms. The molecule has 44 valence electrons. The summed E-state index contributed by atoms with van der Waals surface area (Å²) in [5, 5.41) is 10.7. The van der Waals surface area contributed by atoms with Gasteiger partial charge in [-0.05, 0) is 0 Å². The summed E-state index contributed by atoms with van der Waals surface area (Å²) < 4.78 is -0.903. The number of aliphatic imine (C=N–C) groups is 1. The number of hydroxylamine groups is 3. The largest absolute Gasteiger partial charge is 0.619 e. The molecular formula is C4H6N2O2. The standard InChI is InChI=1S/C4H6N2O2/c7-4-6(8)2-1-5-3-6/h3-4H,1-2H2. The molecule has 8 heavy (non-hydrogen) atoms. The number of amides is 1. The Bertz CT molecular complexity index is 134. The smallest absolute Gasteiger partial charge is 0.307 e. The fraction of sp³-hybridized carbons (Fsp3) is 0.500.